The Hall–Kier alpha value is -2.98. The predicted octanol–water partition coefficient (Wildman–Crippen LogP) is -0.0945. The van der Waals surface area contributed by atoms with Gasteiger partial charge in [0.05, 0.1) is 25.9 Å². The van der Waals surface area contributed by atoms with Crippen molar-refractivity contribution in [2.45, 2.75) is 49.2 Å². The van der Waals surface area contributed by atoms with Crippen LogP contribution in [0.5, 0.6) is 0 Å². The van der Waals surface area contributed by atoms with Crippen LogP contribution in [0, 0.1) is 0 Å². The van der Waals surface area contributed by atoms with E-state index in [2.05, 4.69) is 29.9 Å². The van der Waals surface area contributed by atoms with Crippen LogP contribution in [-0.4, -0.2) is 101 Å². The summed E-state index contributed by atoms with van der Waals surface area (Å²) >= 11 is 5.12. The van der Waals surface area contributed by atoms with Crippen molar-refractivity contribution in [2.24, 2.45) is 0 Å². The number of hydrogen-bond acceptors (Lipinski definition) is 16. The van der Waals surface area contributed by atoms with Gasteiger partial charge in [0, 0.05) is 0 Å². The molecule has 3 aliphatic heterocycles. The third kappa shape index (κ3) is 5.45. The van der Waals surface area contributed by atoms with Crippen LogP contribution in [0.1, 0.15) is 12.5 Å². The van der Waals surface area contributed by atoms with E-state index in [4.69, 9.17) is 58.4 Å². The fraction of sp³-hybridized carbons (Fsp3) is 0.500. The highest BCUT2D eigenvalue weighted by molar-refractivity contribution is 8.07. The molecule has 3 saturated heterocycles. The number of nitrogens with zero attached hydrogens (tertiary/aromatic N) is 7. The summed E-state index contributed by atoms with van der Waals surface area (Å²) in [7, 11) is 1.20. The van der Waals surface area contributed by atoms with Crippen LogP contribution < -0.4 is 17.0 Å². The number of fused-ring (bicyclic) bond motifs is 4. The minimum Gasteiger partial charge on any atom is -0.382 e. The Bertz CT molecular complexity index is 1950. The molecule has 3 fully saturated rings. The van der Waals surface area contributed by atoms with Crippen LogP contribution in [-0.2, 0) is 43.9 Å². The van der Waals surface area contributed by atoms with Gasteiger partial charge < -0.3 is 39.4 Å². The zero-order valence-corrected chi connectivity index (χ0v) is 25.0. The van der Waals surface area contributed by atoms with E-state index >= 15 is 8.78 Å². The minimum atomic E-state index is -4.62. The maximum atomic E-state index is 16.0. The monoisotopic (exact) mass is 688 g/mol. The van der Waals surface area contributed by atoms with Crippen molar-refractivity contribution in [1.82, 2.24) is 39.0 Å². The SMILES string of the molecule is [B][P@]1(=O)OC[C@H]2O[C@@H](n3cnc4c(=O)[nH]c(N)nc43)[C@@H](F)C2OP(O)(=S)OC[C@H]2O[C@@H](n3cnc4c(N)ncnc43)[C@@H](F)C2O1. The van der Waals surface area contributed by atoms with Gasteiger partial charge in [0.2, 0.25) is 13.5 Å². The molecule has 4 aromatic rings. The van der Waals surface area contributed by atoms with Crippen LogP contribution in [0.3, 0.4) is 0 Å². The Morgan fingerprint density at radius 3 is 2.24 bits per heavy atom. The van der Waals surface area contributed by atoms with Gasteiger partial charge in [-0.3, -0.25) is 28.0 Å². The number of imidazole rings is 2. The highest BCUT2D eigenvalue weighted by Crippen LogP contribution is 2.54. The fourth-order valence-corrected chi connectivity index (χ4v) is 7.71. The van der Waals surface area contributed by atoms with Crippen molar-refractivity contribution >= 4 is 67.7 Å². The van der Waals surface area contributed by atoms with Crippen LogP contribution in [0.2, 0.25) is 0 Å². The second-order valence-corrected chi connectivity index (χ2v) is 14.5. The summed E-state index contributed by atoms with van der Waals surface area (Å²) in [6, 6.07) is 0. The zero-order valence-electron chi connectivity index (χ0n) is 22.4. The van der Waals surface area contributed by atoms with E-state index < -0.39 is 82.2 Å². The number of nitrogens with two attached hydrogens (primary N) is 2. The molecular formula is C20H21BF2N10O9P2S. The molecule has 10 atom stereocenters. The Morgan fingerprint density at radius 2 is 1.56 bits per heavy atom. The number of ether oxygens (including phenoxy) is 2. The Labute approximate surface area is 255 Å². The van der Waals surface area contributed by atoms with Crippen molar-refractivity contribution < 1.29 is 45.8 Å². The molecule has 45 heavy (non-hydrogen) atoms. The number of nitrogens with one attached hydrogen (secondary N) is 1. The van der Waals surface area contributed by atoms with Gasteiger partial charge in [-0.2, -0.15) is 4.98 Å². The molecule has 2 radical (unpaired) electrons. The largest absolute Gasteiger partial charge is 0.382 e. The first-order valence-corrected chi connectivity index (χ1v) is 17.1. The number of aromatic nitrogens is 8. The van der Waals surface area contributed by atoms with Crippen molar-refractivity contribution in [2.75, 3.05) is 24.7 Å². The fourth-order valence-electron chi connectivity index (χ4n) is 5.27. The van der Waals surface area contributed by atoms with Gasteiger partial charge in [-0.1, -0.05) is 0 Å². The van der Waals surface area contributed by atoms with Crippen molar-refractivity contribution in [3.05, 3.63) is 29.3 Å². The summed E-state index contributed by atoms with van der Waals surface area (Å²) in [6.45, 7) is -5.72. The average molecular weight is 688 g/mol. The Morgan fingerprint density at radius 1 is 0.956 bits per heavy atom. The number of nitrogen functional groups attached to an aromatic ring is 2. The molecule has 0 amide bonds. The smallest absolute Gasteiger partial charge is 0.325 e. The standard InChI is InChI=1S/C20H21BF2N10O9P2S/c21-43(35)37-1-6-13(9(23)19(39-6)33-5-29-11-16(33)30-20(25)31-17(11)34)42-44(36,45)38-2-7-12(41-43)8(22)18(40-7)32-4-28-10-14(24)26-3-27-15(10)32/h3-9,12-13,18-19H,1-2H2,(H,36,45)(H2,24,26,27)(H3,25,30,31,34)/t6-,7-,8+,9+,12?,13?,18-,19-,43+,44?/m1/s1. The Kier molecular flexibility index (Phi) is 7.55. The van der Waals surface area contributed by atoms with Crippen LogP contribution >= 0.6 is 14.2 Å². The van der Waals surface area contributed by atoms with Gasteiger partial charge in [0.25, 0.3) is 13.0 Å². The molecule has 238 valence electrons. The highest BCUT2D eigenvalue weighted by atomic mass is 32.5. The normalized spacial score (nSPS) is 37.7. The second-order valence-electron chi connectivity index (χ2n) is 10.1. The number of H-pyrrole nitrogens is 1. The number of hydrogen-bond donors (Lipinski definition) is 4. The lowest BCUT2D eigenvalue weighted by atomic mass is 10.1. The summed E-state index contributed by atoms with van der Waals surface area (Å²) in [5, 5.41) is 0. The number of halogens is 2. The third-order valence-electron chi connectivity index (χ3n) is 7.26. The number of anilines is 2. The molecule has 0 bridgehead atoms. The van der Waals surface area contributed by atoms with Crippen molar-refractivity contribution in [3.63, 3.8) is 0 Å². The van der Waals surface area contributed by atoms with E-state index in [-0.39, 0.29) is 34.1 Å². The minimum absolute atomic E-state index is 0.0349. The second kappa shape index (κ2) is 11.1. The number of alkyl halides is 2. The molecule has 0 aliphatic carbocycles. The van der Waals surface area contributed by atoms with Gasteiger partial charge in [-0.25, -0.2) is 28.7 Å². The van der Waals surface area contributed by atoms with Gasteiger partial charge in [-0.15, -0.1) is 0 Å². The molecule has 25 heteroatoms. The highest BCUT2D eigenvalue weighted by Gasteiger charge is 2.53. The molecule has 3 aliphatic rings. The quantitative estimate of drug-likeness (QED) is 0.159. The number of aromatic amines is 1. The molecule has 3 unspecified atom stereocenters. The third-order valence-corrected chi connectivity index (χ3v) is 9.87. The van der Waals surface area contributed by atoms with Gasteiger partial charge in [0.1, 0.15) is 36.3 Å². The molecule has 19 nitrogen and oxygen atoms in total. The molecule has 7 rings (SSSR count). The van der Waals surface area contributed by atoms with E-state index in [1.54, 1.807) is 0 Å². The van der Waals surface area contributed by atoms with Gasteiger partial charge in [0.15, 0.2) is 47.4 Å². The first kappa shape index (κ1) is 30.7. The molecule has 0 aromatic carbocycles. The molecule has 0 saturated carbocycles. The van der Waals surface area contributed by atoms with Crippen LogP contribution in [0.25, 0.3) is 22.3 Å². The predicted molar refractivity (Wildman–Crippen MR) is 151 cm³/mol. The summed E-state index contributed by atoms with van der Waals surface area (Å²) in [5.74, 6) is -0.235. The van der Waals surface area contributed by atoms with Gasteiger partial charge >= 0.3 is 6.72 Å². The van der Waals surface area contributed by atoms with Crippen molar-refractivity contribution in [1.29, 1.82) is 0 Å². The summed E-state index contributed by atoms with van der Waals surface area (Å²) in [6.07, 6.45) is -9.99. The first-order chi connectivity index (χ1) is 21.3. The van der Waals surface area contributed by atoms with E-state index in [0.29, 0.717) is 0 Å². The summed E-state index contributed by atoms with van der Waals surface area (Å²) < 4.78 is 80.7. The molecular weight excluding hydrogens is 667 g/mol. The lowest BCUT2D eigenvalue weighted by Crippen LogP contribution is -2.37. The maximum absolute atomic E-state index is 16.0. The van der Waals surface area contributed by atoms with Gasteiger partial charge in [-0.05, 0) is 11.8 Å². The van der Waals surface area contributed by atoms with Crippen LogP contribution in [0.15, 0.2) is 23.8 Å². The molecule has 6 N–H and O–H groups in total. The lowest BCUT2D eigenvalue weighted by Gasteiger charge is -2.29. The molecule has 7 heterocycles. The maximum Gasteiger partial charge on any atom is 0.325 e. The Balaban J connectivity index is 1.17. The summed E-state index contributed by atoms with van der Waals surface area (Å²) in [4.78, 5) is 45.3. The van der Waals surface area contributed by atoms with E-state index in [0.717, 1.165) is 17.2 Å². The molecule has 4 aromatic heterocycles. The van der Waals surface area contributed by atoms with E-state index in [1.165, 1.54) is 10.9 Å². The lowest BCUT2D eigenvalue weighted by molar-refractivity contribution is -0.0566. The summed E-state index contributed by atoms with van der Waals surface area (Å²) in [5.41, 5.74) is 10.8. The van der Waals surface area contributed by atoms with Crippen molar-refractivity contribution in [3.8, 4) is 0 Å². The first-order valence-electron chi connectivity index (χ1n) is 12.9. The zero-order chi connectivity index (χ0) is 31.8. The van der Waals surface area contributed by atoms with Crippen LogP contribution in [0.4, 0.5) is 20.5 Å². The topological polar surface area (TPSA) is 252 Å². The van der Waals surface area contributed by atoms with E-state index in [1.807, 2.05) is 0 Å². The van der Waals surface area contributed by atoms with E-state index in [9.17, 15) is 14.3 Å². The average Bonchev–Trinajstić information content (AvgIpc) is 3.72. The molecule has 0 spiro atoms. The number of rotatable bonds is 2.